The number of carbonyl (C=O) groups excluding carboxylic acids is 2. The Hall–Kier alpha value is -3.02. The molecule has 0 aromatic heterocycles. The summed E-state index contributed by atoms with van der Waals surface area (Å²) in [5.74, 6) is -0.0577. The van der Waals surface area contributed by atoms with Gasteiger partial charge in [-0.05, 0) is 30.7 Å². The molecule has 0 saturated heterocycles. The van der Waals surface area contributed by atoms with E-state index in [1.165, 1.54) is 21.3 Å². The van der Waals surface area contributed by atoms with E-state index in [9.17, 15) is 9.59 Å². The molecule has 2 aromatic carbocycles. The standard InChI is InChI=1S/C19H21NO5/c1-19(18(22)25-4,14-8-6-5-7-9-14)20-17(21)13-10-11-15(23-2)16(12-13)24-3/h5-12H,1-4H3,(H,20,21)/t19-/m0/s1. The van der Waals surface area contributed by atoms with Crippen LogP contribution in [-0.4, -0.2) is 33.2 Å². The van der Waals surface area contributed by atoms with Crippen molar-refractivity contribution in [3.8, 4) is 11.5 Å². The van der Waals surface area contributed by atoms with E-state index in [1.54, 1.807) is 49.4 Å². The van der Waals surface area contributed by atoms with Crippen LogP contribution in [0.5, 0.6) is 11.5 Å². The second-order valence-corrected chi connectivity index (χ2v) is 5.51. The van der Waals surface area contributed by atoms with Gasteiger partial charge in [-0.15, -0.1) is 0 Å². The Kier molecular flexibility index (Phi) is 5.64. The van der Waals surface area contributed by atoms with Crippen molar-refractivity contribution in [2.75, 3.05) is 21.3 Å². The minimum absolute atomic E-state index is 0.337. The molecule has 2 rings (SSSR count). The Labute approximate surface area is 146 Å². The summed E-state index contributed by atoms with van der Waals surface area (Å²) in [4.78, 5) is 25.0. The first-order chi connectivity index (χ1) is 12.0. The van der Waals surface area contributed by atoms with Crippen molar-refractivity contribution < 1.29 is 23.8 Å². The van der Waals surface area contributed by atoms with Crippen molar-refractivity contribution in [1.82, 2.24) is 5.32 Å². The summed E-state index contributed by atoms with van der Waals surface area (Å²) in [7, 11) is 4.29. The van der Waals surface area contributed by atoms with Crippen LogP contribution in [0, 0.1) is 0 Å². The average molecular weight is 343 g/mol. The van der Waals surface area contributed by atoms with Crippen LogP contribution in [0.3, 0.4) is 0 Å². The smallest absolute Gasteiger partial charge is 0.336 e. The van der Waals surface area contributed by atoms with E-state index >= 15 is 0 Å². The molecule has 0 bridgehead atoms. The molecule has 0 fully saturated rings. The fourth-order valence-electron chi connectivity index (χ4n) is 2.49. The molecule has 0 unspecified atom stereocenters. The van der Waals surface area contributed by atoms with Crippen LogP contribution in [0.4, 0.5) is 0 Å². The number of rotatable bonds is 6. The fraction of sp³-hybridized carbons (Fsp3) is 0.263. The molecule has 25 heavy (non-hydrogen) atoms. The van der Waals surface area contributed by atoms with Crippen LogP contribution in [0.1, 0.15) is 22.8 Å². The Bertz CT molecular complexity index is 760. The van der Waals surface area contributed by atoms with E-state index in [2.05, 4.69) is 5.32 Å². The summed E-state index contributed by atoms with van der Waals surface area (Å²) in [6, 6.07) is 13.7. The SMILES string of the molecule is COC(=O)[C@@](C)(NC(=O)c1ccc(OC)c(OC)c1)c1ccccc1. The van der Waals surface area contributed by atoms with Crippen molar-refractivity contribution in [3.05, 3.63) is 59.7 Å². The highest BCUT2D eigenvalue weighted by atomic mass is 16.5. The van der Waals surface area contributed by atoms with Crippen LogP contribution in [0.25, 0.3) is 0 Å². The van der Waals surface area contributed by atoms with Crippen LogP contribution in [0.2, 0.25) is 0 Å². The minimum Gasteiger partial charge on any atom is -0.493 e. The van der Waals surface area contributed by atoms with Gasteiger partial charge in [0.1, 0.15) is 0 Å². The molecule has 1 N–H and O–H groups in total. The van der Waals surface area contributed by atoms with Gasteiger partial charge in [0.05, 0.1) is 21.3 Å². The van der Waals surface area contributed by atoms with Crippen LogP contribution in [-0.2, 0) is 15.1 Å². The zero-order valence-electron chi connectivity index (χ0n) is 14.7. The van der Waals surface area contributed by atoms with Crippen molar-refractivity contribution >= 4 is 11.9 Å². The van der Waals surface area contributed by atoms with E-state index in [0.717, 1.165) is 0 Å². The van der Waals surface area contributed by atoms with Gasteiger partial charge in [0.25, 0.3) is 5.91 Å². The summed E-state index contributed by atoms with van der Waals surface area (Å²) >= 11 is 0. The first-order valence-corrected chi connectivity index (χ1v) is 7.64. The number of methoxy groups -OCH3 is 3. The first kappa shape index (κ1) is 18.3. The first-order valence-electron chi connectivity index (χ1n) is 7.64. The van der Waals surface area contributed by atoms with Crippen molar-refractivity contribution in [2.24, 2.45) is 0 Å². The third-order valence-electron chi connectivity index (χ3n) is 3.95. The molecule has 0 radical (unpaired) electrons. The van der Waals surface area contributed by atoms with E-state index in [0.29, 0.717) is 22.6 Å². The Morgan fingerprint density at radius 3 is 2.12 bits per heavy atom. The van der Waals surface area contributed by atoms with Gasteiger partial charge in [-0.2, -0.15) is 0 Å². The Balaban J connectivity index is 2.36. The largest absolute Gasteiger partial charge is 0.493 e. The van der Waals surface area contributed by atoms with Gasteiger partial charge in [0, 0.05) is 5.56 Å². The molecular weight excluding hydrogens is 322 g/mol. The van der Waals surface area contributed by atoms with Gasteiger partial charge in [0.15, 0.2) is 17.0 Å². The van der Waals surface area contributed by atoms with Crippen molar-refractivity contribution in [2.45, 2.75) is 12.5 Å². The number of amides is 1. The number of carbonyl (C=O) groups is 2. The summed E-state index contributed by atoms with van der Waals surface area (Å²) in [5, 5.41) is 2.76. The maximum Gasteiger partial charge on any atom is 0.336 e. The van der Waals surface area contributed by atoms with Gasteiger partial charge in [-0.25, -0.2) is 4.79 Å². The van der Waals surface area contributed by atoms with Crippen LogP contribution >= 0.6 is 0 Å². The monoisotopic (exact) mass is 343 g/mol. The lowest BCUT2D eigenvalue weighted by molar-refractivity contribution is -0.147. The number of nitrogens with one attached hydrogen (secondary N) is 1. The summed E-state index contributed by atoms with van der Waals surface area (Å²) in [5.41, 5.74) is -0.361. The highest BCUT2D eigenvalue weighted by Crippen LogP contribution is 2.28. The van der Waals surface area contributed by atoms with Crippen molar-refractivity contribution in [1.29, 1.82) is 0 Å². The highest BCUT2D eigenvalue weighted by molar-refractivity contribution is 5.98. The molecule has 0 heterocycles. The van der Waals surface area contributed by atoms with E-state index < -0.39 is 17.4 Å². The highest BCUT2D eigenvalue weighted by Gasteiger charge is 2.38. The molecule has 0 saturated carbocycles. The number of hydrogen-bond acceptors (Lipinski definition) is 5. The van der Waals surface area contributed by atoms with Gasteiger partial charge < -0.3 is 19.5 Å². The maximum absolute atomic E-state index is 12.7. The minimum atomic E-state index is -1.32. The second-order valence-electron chi connectivity index (χ2n) is 5.51. The Morgan fingerprint density at radius 2 is 1.56 bits per heavy atom. The lowest BCUT2D eigenvalue weighted by atomic mass is 9.91. The van der Waals surface area contributed by atoms with Gasteiger partial charge in [-0.1, -0.05) is 30.3 Å². The predicted molar refractivity (Wildman–Crippen MR) is 92.8 cm³/mol. The maximum atomic E-state index is 12.7. The van der Waals surface area contributed by atoms with Gasteiger partial charge in [-0.3, -0.25) is 4.79 Å². The zero-order chi connectivity index (χ0) is 18.4. The van der Waals surface area contributed by atoms with Crippen molar-refractivity contribution in [3.63, 3.8) is 0 Å². The van der Waals surface area contributed by atoms with Gasteiger partial charge >= 0.3 is 5.97 Å². The lowest BCUT2D eigenvalue weighted by Crippen LogP contribution is -2.50. The summed E-state index contributed by atoms with van der Waals surface area (Å²) < 4.78 is 15.3. The number of benzene rings is 2. The predicted octanol–water partition coefficient (Wildman–Crippen LogP) is 2.52. The molecule has 0 aliphatic heterocycles. The third-order valence-corrected chi connectivity index (χ3v) is 3.95. The number of hydrogen-bond donors (Lipinski definition) is 1. The molecule has 6 nitrogen and oxygen atoms in total. The molecular formula is C19H21NO5. The quantitative estimate of drug-likeness (QED) is 0.816. The van der Waals surface area contributed by atoms with Gasteiger partial charge in [0.2, 0.25) is 0 Å². The molecule has 2 aromatic rings. The molecule has 6 heteroatoms. The average Bonchev–Trinajstić information content (AvgIpc) is 2.67. The topological polar surface area (TPSA) is 73.9 Å². The molecule has 0 aliphatic carbocycles. The van der Waals surface area contributed by atoms with E-state index in [1.807, 2.05) is 6.07 Å². The fourth-order valence-corrected chi connectivity index (χ4v) is 2.49. The second kappa shape index (κ2) is 7.70. The van der Waals surface area contributed by atoms with Crippen LogP contribution < -0.4 is 14.8 Å². The van der Waals surface area contributed by atoms with E-state index in [4.69, 9.17) is 14.2 Å². The molecule has 1 atom stereocenters. The lowest BCUT2D eigenvalue weighted by Gasteiger charge is -2.28. The Morgan fingerprint density at radius 1 is 0.920 bits per heavy atom. The molecule has 1 amide bonds. The summed E-state index contributed by atoms with van der Waals surface area (Å²) in [6.45, 7) is 1.60. The van der Waals surface area contributed by atoms with Crippen LogP contribution in [0.15, 0.2) is 48.5 Å². The molecule has 132 valence electrons. The normalized spacial score (nSPS) is 12.6. The number of esters is 1. The molecule has 0 spiro atoms. The zero-order valence-corrected chi connectivity index (χ0v) is 14.7. The third kappa shape index (κ3) is 3.74. The summed E-state index contributed by atoms with van der Waals surface area (Å²) in [6.07, 6.45) is 0. The number of ether oxygens (including phenoxy) is 3. The van der Waals surface area contributed by atoms with E-state index in [-0.39, 0.29) is 0 Å². The molecule has 0 aliphatic rings.